The Bertz CT molecular complexity index is 656. The fourth-order valence-corrected chi connectivity index (χ4v) is 2.94. The van der Waals surface area contributed by atoms with E-state index in [1.54, 1.807) is 7.11 Å². The largest absolute Gasteiger partial charge is 0.497 e. The Labute approximate surface area is 137 Å². The summed E-state index contributed by atoms with van der Waals surface area (Å²) in [4.78, 5) is 4.48. The lowest BCUT2D eigenvalue weighted by Crippen LogP contribution is -2.26. The highest BCUT2D eigenvalue weighted by Crippen LogP contribution is 2.25. The van der Waals surface area contributed by atoms with E-state index in [0.29, 0.717) is 11.8 Å². The number of aliphatic imine (C=N–C) groups is 1. The predicted molar refractivity (Wildman–Crippen MR) is 94.7 cm³/mol. The van der Waals surface area contributed by atoms with Gasteiger partial charge in [-0.15, -0.1) is 0 Å². The molecule has 0 bridgehead atoms. The van der Waals surface area contributed by atoms with Gasteiger partial charge in [0.05, 0.1) is 12.8 Å². The van der Waals surface area contributed by atoms with Crippen molar-refractivity contribution < 1.29 is 4.74 Å². The zero-order chi connectivity index (χ0) is 16.1. The number of amidine groups is 1. The number of benzene rings is 2. The zero-order valence-electron chi connectivity index (χ0n) is 13.5. The third-order valence-corrected chi connectivity index (χ3v) is 4.34. The van der Waals surface area contributed by atoms with Crippen molar-refractivity contribution in [1.29, 1.82) is 0 Å². The highest BCUT2D eigenvalue weighted by molar-refractivity contribution is 5.99. The van der Waals surface area contributed by atoms with Crippen molar-refractivity contribution in [2.24, 2.45) is 10.7 Å². The van der Waals surface area contributed by atoms with Crippen molar-refractivity contribution in [3.63, 3.8) is 0 Å². The number of rotatable bonds is 4. The Morgan fingerprint density at radius 2 is 1.70 bits per heavy atom. The van der Waals surface area contributed by atoms with Crippen LogP contribution in [0.4, 0.5) is 5.69 Å². The molecule has 0 saturated carbocycles. The monoisotopic (exact) mass is 309 g/mol. The molecule has 120 valence electrons. The van der Waals surface area contributed by atoms with E-state index in [2.05, 4.69) is 34.6 Å². The maximum absolute atomic E-state index is 6.13. The van der Waals surface area contributed by atoms with Gasteiger partial charge in [0.1, 0.15) is 11.6 Å². The molecule has 4 heteroatoms. The van der Waals surface area contributed by atoms with E-state index < -0.39 is 0 Å². The van der Waals surface area contributed by atoms with Gasteiger partial charge in [-0.2, -0.15) is 0 Å². The summed E-state index contributed by atoms with van der Waals surface area (Å²) in [6, 6.07) is 16.1. The summed E-state index contributed by atoms with van der Waals surface area (Å²) in [5, 5.41) is 3.40. The summed E-state index contributed by atoms with van der Waals surface area (Å²) in [5.41, 5.74) is 9.31. The second-order valence-electron chi connectivity index (χ2n) is 5.84. The van der Waals surface area contributed by atoms with Crippen molar-refractivity contribution in [3.05, 3.63) is 59.7 Å². The molecule has 4 nitrogen and oxygen atoms in total. The van der Waals surface area contributed by atoms with Crippen LogP contribution in [0.15, 0.2) is 53.5 Å². The Morgan fingerprint density at radius 1 is 1.04 bits per heavy atom. The molecule has 3 rings (SSSR count). The first-order chi connectivity index (χ1) is 11.3. The molecule has 0 aromatic heterocycles. The van der Waals surface area contributed by atoms with Crippen LogP contribution in [-0.4, -0.2) is 26.0 Å². The van der Waals surface area contributed by atoms with Crippen LogP contribution in [0, 0.1) is 0 Å². The van der Waals surface area contributed by atoms with Gasteiger partial charge < -0.3 is 15.8 Å². The SMILES string of the molecule is COc1ccc(N=C(N)c2ccc(C3CCNCC3)cc2)cc1. The van der Waals surface area contributed by atoms with Crippen molar-refractivity contribution in [3.8, 4) is 5.75 Å². The Hall–Kier alpha value is -2.33. The lowest BCUT2D eigenvalue weighted by molar-refractivity contribution is 0.415. The van der Waals surface area contributed by atoms with Gasteiger partial charge in [0, 0.05) is 5.56 Å². The van der Waals surface area contributed by atoms with Crippen LogP contribution in [0.5, 0.6) is 5.75 Å². The van der Waals surface area contributed by atoms with Gasteiger partial charge in [-0.3, -0.25) is 0 Å². The highest BCUT2D eigenvalue weighted by atomic mass is 16.5. The molecule has 0 unspecified atom stereocenters. The molecule has 2 aromatic carbocycles. The van der Waals surface area contributed by atoms with Gasteiger partial charge in [-0.25, -0.2) is 4.99 Å². The van der Waals surface area contributed by atoms with Crippen LogP contribution >= 0.6 is 0 Å². The van der Waals surface area contributed by atoms with Gasteiger partial charge in [0.15, 0.2) is 0 Å². The molecular weight excluding hydrogens is 286 g/mol. The molecule has 23 heavy (non-hydrogen) atoms. The average molecular weight is 309 g/mol. The minimum atomic E-state index is 0.534. The first-order valence-electron chi connectivity index (χ1n) is 8.05. The molecule has 0 spiro atoms. The van der Waals surface area contributed by atoms with Gasteiger partial charge in [0.25, 0.3) is 0 Å². The van der Waals surface area contributed by atoms with E-state index >= 15 is 0 Å². The first kappa shape index (κ1) is 15.6. The molecule has 1 aliphatic rings. The lowest BCUT2D eigenvalue weighted by atomic mass is 9.90. The number of nitrogens with zero attached hydrogens (tertiary/aromatic N) is 1. The average Bonchev–Trinajstić information content (AvgIpc) is 2.63. The second kappa shape index (κ2) is 7.29. The van der Waals surface area contributed by atoms with Crippen LogP contribution in [-0.2, 0) is 0 Å². The number of nitrogens with one attached hydrogen (secondary N) is 1. The molecular formula is C19H23N3O. The van der Waals surface area contributed by atoms with Crippen LogP contribution in [0.25, 0.3) is 0 Å². The predicted octanol–water partition coefficient (Wildman–Crippen LogP) is 3.20. The smallest absolute Gasteiger partial charge is 0.131 e. The minimum Gasteiger partial charge on any atom is -0.497 e. The number of hydrogen-bond acceptors (Lipinski definition) is 3. The highest BCUT2D eigenvalue weighted by Gasteiger charge is 2.14. The minimum absolute atomic E-state index is 0.534. The molecule has 1 heterocycles. The lowest BCUT2D eigenvalue weighted by Gasteiger charge is -2.23. The van der Waals surface area contributed by atoms with Crippen molar-refractivity contribution in [1.82, 2.24) is 5.32 Å². The zero-order valence-corrected chi connectivity index (χ0v) is 13.5. The molecule has 1 fully saturated rings. The Kier molecular flexibility index (Phi) is 4.93. The number of nitrogens with two attached hydrogens (primary N) is 1. The van der Waals surface area contributed by atoms with Gasteiger partial charge in [0.2, 0.25) is 0 Å². The summed E-state index contributed by atoms with van der Waals surface area (Å²) < 4.78 is 5.15. The molecule has 1 saturated heterocycles. The number of methoxy groups -OCH3 is 1. The van der Waals surface area contributed by atoms with E-state index in [1.807, 2.05) is 24.3 Å². The molecule has 3 N–H and O–H groups in total. The fraction of sp³-hybridized carbons (Fsp3) is 0.316. The summed E-state index contributed by atoms with van der Waals surface area (Å²) in [5.74, 6) is 2.01. The van der Waals surface area contributed by atoms with Crippen molar-refractivity contribution in [2.45, 2.75) is 18.8 Å². The van der Waals surface area contributed by atoms with E-state index in [1.165, 1.54) is 18.4 Å². The van der Waals surface area contributed by atoms with E-state index in [0.717, 1.165) is 30.1 Å². The molecule has 0 aliphatic carbocycles. The number of hydrogen-bond donors (Lipinski definition) is 2. The quantitative estimate of drug-likeness (QED) is 0.673. The Balaban J connectivity index is 1.73. The van der Waals surface area contributed by atoms with Gasteiger partial charge >= 0.3 is 0 Å². The number of ether oxygens (including phenoxy) is 1. The molecule has 0 atom stereocenters. The van der Waals surface area contributed by atoms with Crippen molar-refractivity contribution >= 4 is 11.5 Å². The van der Waals surface area contributed by atoms with Crippen LogP contribution in [0.2, 0.25) is 0 Å². The second-order valence-corrected chi connectivity index (χ2v) is 5.84. The van der Waals surface area contributed by atoms with Gasteiger partial charge in [-0.1, -0.05) is 24.3 Å². The standard InChI is InChI=1S/C19H23N3O/c1-23-18-8-6-17(7-9-18)22-19(20)16-4-2-14(3-5-16)15-10-12-21-13-11-15/h2-9,15,21H,10-13H2,1H3,(H2,20,22). The fourth-order valence-electron chi connectivity index (χ4n) is 2.94. The molecule has 0 amide bonds. The van der Waals surface area contributed by atoms with E-state index in [9.17, 15) is 0 Å². The maximum Gasteiger partial charge on any atom is 0.131 e. The third-order valence-electron chi connectivity index (χ3n) is 4.34. The summed E-state index contributed by atoms with van der Waals surface area (Å²) in [6.07, 6.45) is 2.41. The summed E-state index contributed by atoms with van der Waals surface area (Å²) >= 11 is 0. The third kappa shape index (κ3) is 3.90. The van der Waals surface area contributed by atoms with E-state index in [4.69, 9.17) is 10.5 Å². The van der Waals surface area contributed by atoms with Gasteiger partial charge in [-0.05, 0) is 61.7 Å². The number of piperidine rings is 1. The van der Waals surface area contributed by atoms with Crippen LogP contribution < -0.4 is 15.8 Å². The van der Waals surface area contributed by atoms with Crippen molar-refractivity contribution in [2.75, 3.05) is 20.2 Å². The Morgan fingerprint density at radius 3 is 2.30 bits per heavy atom. The van der Waals surface area contributed by atoms with E-state index in [-0.39, 0.29) is 0 Å². The summed E-state index contributed by atoms with van der Waals surface area (Å²) in [6.45, 7) is 2.21. The maximum atomic E-state index is 6.13. The molecule has 2 aromatic rings. The normalized spacial score (nSPS) is 16.3. The first-order valence-corrected chi connectivity index (χ1v) is 8.05. The molecule has 1 aliphatic heterocycles. The summed E-state index contributed by atoms with van der Waals surface area (Å²) in [7, 11) is 1.65. The van der Waals surface area contributed by atoms with Crippen LogP contribution in [0.3, 0.4) is 0 Å². The topological polar surface area (TPSA) is 59.6 Å². The molecule has 0 radical (unpaired) electrons. The van der Waals surface area contributed by atoms with Crippen LogP contribution in [0.1, 0.15) is 29.9 Å².